The number of carbonyl (C=O) groups is 1. The van der Waals surface area contributed by atoms with Crippen LogP contribution in [0.1, 0.15) is 13.8 Å². The molecule has 1 N–H and O–H groups in total. The van der Waals surface area contributed by atoms with E-state index in [1.54, 1.807) is 0 Å². The minimum Gasteiger partial charge on any atom is -0.345 e. The van der Waals surface area contributed by atoms with Gasteiger partial charge in [-0.1, -0.05) is 6.58 Å². The second-order valence-corrected chi connectivity index (χ2v) is 4.33. The molecule has 0 aromatic carbocycles. The van der Waals surface area contributed by atoms with Gasteiger partial charge < -0.3 is 10.1 Å². The third kappa shape index (κ3) is 5.95. The van der Waals surface area contributed by atoms with Crippen molar-refractivity contribution in [1.82, 2.24) is 5.32 Å². The molecule has 0 aromatic rings. The molecule has 0 saturated heterocycles. The first-order valence-corrected chi connectivity index (χ1v) is 4.99. The maximum Gasteiger partial charge on any atom is 0.428 e. The lowest BCUT2D eigenvalue weighted by molar-refractivity contribution is -0.338. The van der Waals surface area contributed by atoms with E-state index in [-0.39, 0.29) is 0 Å². The first kappa shape index (κ1) is 17.8. The minimum absolute atomic E-state index is 0.732. The van der Waals surface area contributed by atoms with Gasteiger partial charge in [0.05, 0.1) is 12.1 Å². The summed E-state index contributed by atoms with van der Waals surface area (Å²) in [6, 6.07) is 0. The molecular weight excluding hydrogens is 280 g/mol. The van der Waals surface area contributed by atoms with Gasteiger partial charge in [0.15, 0.2) is 0 Å². The SMILES string of the molecule is C=CC(=O)NC(C)(C)COC(F)(F)C(F)C(F)(F)F. The maximum atomic E-state index is 12.8. The first-order valence-electron chi connectivity index (χ1n) is 4.99. The Morgan fingerprint density at radius 2 is 1.79 bits per heavy atom. The van der Waals surface area contributed by atoms with Crippen molar-refractivity contribution in [3.8, 4) is 0 Å². The monoisotopic (exact) mass is 293 g/mol. The summed E-state index contributed by atoms with van der Waals surface area (Å²) in [7, 11) is 0. The molecule has 0 aliphatic heterocycles. The zero-order valence-electron chi connectivity index (χ0n) is 10.2. The Hall–Kier alpha value is -1.25. The normalized spacial score (nSPS) is 14.9. The first-order chi connectivity index (χ1) is 8.32. The van der Waals surface area contributed by atoms with Gasteiger partial charge in [0.2, 0.25) is 5.91 Å². The van der Waals surface area contributed by atoms with Crippen LogP contribution in [0.15, 0.2) is 12.7 Å². The average molecular weight is 293 g/mol. The lowest BCUT2D eigenvalue weighted by Gasteiger charge is -2.29. The lowest BCUT2D eigenvalue weighted by Crippen LogP contribution is -2.51. The van der Waals surface area contributed by atoms with E-state index >= 15 is 0 Å². The largest absolute Gasteiger partial charge is 0.428 e. The van der Waals surface area contributed by atoms with E-state index in [1.807, 2.05) is 0 Å². The predicted molar refractivity (Wildman–Crippen MR) is 54.3 cm³/mol. The van der Waals surface area contributed by atoms with Crippen LogP contribution in [0, 0.1) is 0 Å². The summed E-state index contributed by atoms with van der Waals surface area (Å²) >= 11 is 0. The standard InChI is InChI=1S/C10H13F6NO2/c1-4-6(18)17-8(2,3)5-19-10(15,16)7(11)9(12,13)14/h4,7H,1,5H2,2-3H3,(H,17,18). The number of hydrogen-bond donors (Lipinski definition) is 1. The highest BCUT2D eigenvalue weighted by Gasteiger charge is 2.58. The highest BCUT2D eigenvalue weighted by molar-refractivity contribution is 5.87. The number of alkyl halides is 6. The van der Waals surface area contributed by atoms with Gasteiger partial charge in [0, 0.05) is 0 Å². The molecule has 0 spiro atoms. The Balaban J connectivity index is 4.61. The molecule has 0 bridgehead atoms. The quantitative estimate of drug-likeness (QED) is 0.604. The molecule has 0 fully saturated rings. The number of nitrogens with one attached hydrogen (secondary N) is 1. The van der Waals surface area contributed by atoms with Crippen LogP contribution in [0.2, 0.25) is 0 Å². The number of ether oxygens (including phenoxy) is 1. The molecule has 0 rings (SSSR count). The van der Waals surface area contributed by atoms with E-state index in [0.717, 1.165) is 6.08 Å². The van der Waals surface area contributed by atoms with Crippen molar-refractivity contribution in [3.63, 3.8) is 0 Å². The molecule has 1 atom stereocenters. The van der Waals surface area contributed by atoms with Gasteiger partial charge >= 0.3 is 12.3 Å². The second kappa shape index (κ2) is 5.81. The highest BCUT2D eigenvalue weighted by atomic mass is 19.4. The summed E-state index contributed by atoms with van der Waals surface area (Å²) in [4.78, 5) is 10.9. The van der Waals surface area contributed by atoms with Gasteiger partial charge in [0.1, 0.15) is 0 Å². The zero-order valence-corrected chi connectivity index (χ0v) is 10.2. The average Bonchev–Trinajstić information content (AvgIpc) is 2.24. The highest BCUT2D eigenvalue weighted by Crippen LogP contribution is 2.36. The fourth-order valence-corrected chi connectivity index (χ4v) is 0.961. The van der Waals surface area contributed by atoms with Crippen LogP contribution >= 0.6 is 0 Å². The topological polar surface area (TPSA) is 38.3 Å². The Morgan fingerprint density at radius 1 is 1.32 bits per heavy atom. The molecular formula is C10H13F6NO2. The van der Waals surface area contributed by atoms with E-state index in [0.29, 0.717) is 0 Å². The molecule has 0 aliphatic carbocycles. The van der Waals surface area contributed by atoms with Crippen LogP contribution in [0.25, 0.3) is 0 Å². The van der Waals surface area contributed by atoms with E-state index in [4.69, 9.17) is 0 Å². The van der Waals surface area contributed by atoms with Crippen LogP contribution < -0.4 is 5.32 Å². The molecule has 19 heavy (non-hydrogen) atoms. The Labute approximate surface area is 105 Å². The van der Waals surface area contributed by atoms with Crippen molar-refractivity contribution in [3.05, 3.63) is 12.7 Å². The molecule has 0 heterocycles. The minimum atomic E-state index is -5.74. The Morgan fingerprint density at radius 3 is 2.16 bits per heavy atom. The van der Waals surface area contributed by atoms with E-state index in [1.165, 1.54) is 13.8 Å². The van der Waals surface area contributed by atoms with Gasteiger partial charge in [-0.3, -0.25) is 4.79 Å². The molecule has 112 valence electrons. The summed E-state index contributed by atoms with van der Waals surface area (Å²) in [6.45, 7) is 4.51. The van der Waals surface area contributed by atoms with E-state index in [2.05, 4.69) is 16.6 Å². The van der Waals surface area contributed by atoms with Crippen LogP contribution in [0.3, 0.4) is 0 Å². The predicted octanol–water partition coefficient (Wildman–Crippen LogP) is 2.58. The summed E-state index contributed by atoms with van der Waals surface area (Å²) in [5, 5.41) is 2.14. The number of carbonyl (C=O) groups excluding carboxylic acids is 1. The number of rotatable bonds is 6. The fourth-order valence-electron chi connectivity index (χ4n) is 0.961. The van der Waals surface area contributed by atoms with Crippen LogP contribution in [-0.4, -0.2) is 36.5 Å². The van der Waals surface area contributed by atoms with Crippen molar-refractivity contribution >= 4 is 5.91 Å². The van der Waals surface area contributed by atoms with Gasteiger partial charge in [-0.15, -0.1) is 0 Å². The third-order valence-electron chi connectivity index (χ3n) is 1.85. The third-order valence-corrected chi connectivity index (χ3v) is 1.85. The molecule has 9 heteroatoms. The molecule has 3 nitrogen and oxygen atoms in total. The van der Waals surface area contributed by atoms with Crippen molar-refractivity contribution in [2.75, 3.05) is 6.61 Å². The van der Waals surface area contributed by atoms with E-state index in [9.17, 15) is 31.1 Å². The van der Waals surface area contributed by atoms with Crippen molar-refractivity contribution < 1.29 is 35.9 Å². The molecule has 0 radical (unpaired) electrons. The molecule has 0 aliphatic rings. The van der Waals surface area contributed by atoms with Crippen molar-refractivity contribution in [2.45, 2.75) is 37.8 Å². The molecule has 1 unspecified atom stereocenters. The summed E-state index contributed by atoms with van der Waals surface area (Å²) in [6.07, 6.45) is -14.4. The zero-order chi connectivity index (χ0) is 15.5. The molecule has 0 aromatic heterocycles. The molecule has 1 amide bonds. The Bertz CT molecular complexity index is 339. The number of halogens is 6. The second-order valence-electron chi connectivity index (χ2n) is 4.33. The summed E-state index contributed by atoms with van der Waals surface area (Å²) in [5.41, 5.74) is -1.42. The summed E-state index contributed by atoms with van der Waals surface area (Å²) < 4.78 is 77.2. The van der Waals surface area contributed by atoms with Crippen molar-refractivity contribution in [1.29, 1.82) is 0 Å². The summed E-state index contributed by atoms with van der Waals surface area (Å²) in [5.74, 6) is -0.732. The fraction of sp³-hybridized carbons (Fsp3) is 0.700. The lowest BCUT2D eigenvalue weighted by atomic mass is 10.1. The number of amides is 1. The Kier molecular flexibility index (Phi) is 5.42. The van der Waals surface area contributed by atoms with Crippen molar-refractivity contribution in [2.24, 2.45) is 0 Å². The van der Waals surface area contributed by atoms with Gasteiger partial charge in [0.25, 0.3) is 6.17 Å². The van der Waals surface area contributed by atoms with Crippen LogP contribution in [-0.2, 0) is 9.53 Å². The van der Waals surface area contributed by atoms with Gasteiger partial charge in [-0.25, -0.2) is 4.39 Å². The van der Waals surface area contributed by atoms with Gasteiger partial charge in [-0.2, -0.15) is 22.0 Å². The maximum absolute atomic E-state index is 12.8. The van der Waals surface area contributed by atoms with Crippen LogP contribution in [0.5, 0.6) is 0 Å². The molecule has 0 saturated carbocycles. The van der Waals surface area contributed by atoms with E-state index < -0.39 is 36.5 Å². The smallest absolute Gasteiger partial charge is 0.345 e. The van der Waals surface area contributed by atoms with Crippen LogP contribution in [0.4, 0.5) is 26.3 Å². The van der Waals surface area contributed by atoms with Gasteiger partial charge in [-0.05, 0) is 19.9 Å². The number of hydrogen-bond acceptors (Lipinski definition) is 2.